The molecule has 1 N–H and O–H groups in total. The van der Waals surface area contributed by atoms with Crippen LogP contribution in [0.4, 0.5) is 5.69 Å². The van der Waals surface area contributed by atoms with E-state index in [1.165, 1.54) is 31.2 Å². The molecule has 3 aliphatic rings. The summed E-state index contributed by atoms with van der Waals surface area (Å²) >= 11 is 0. The van der Waals surface area contributed by atoms with Crippen molar-refractivity contribution in [2.45, 2.75) is 56.6 Å². The standard InChI is InChI=1S/C23H26N2O3/c26-25(27)21-13-17-12-20-18-8-4-5-9-23(18,10-11-24-20)19(17)14-22(21)28-15-16-6-2-1-3-7-16/h1-3,6-7,13-14,18,20,24H,4-5,8-12,15H2. The summed E-state index contributed by atoms with van der Waals surface area (Å²) in [6, 6.07) is 14.1. The van der Waals surface area contributed by atoms with Gasteiger partial charge < -0.3 is 10.1 Å². The number of benzene rings is 2. The molecule has 146 valence electrons. The first-order valence-electron chi connectivity index (χ1n) is 10.4. The van der Waals surface area contributed by atoms with Crippen LogP contribution in [0, 0.1) is 16.0 Å². The van der Waals surface area contributed by atoms with Crippen LogP contribution in [0.25, 0.3) is 0 Å². The highest BCUT2D eigenvalue weighted by molar-refractivity contribution is 5.56. The lowest BCUT2D eigenvalue weighted by molar-refractivity contribution is -0.386. The Morgan fingerprint density at radius 2 is 2.04 bits per heavy atom. The van der Waals surface area contributed by atoms with E-state index in [2.05, 4.69) is 5.32 Å². The van der Waals surface area contributed by atoms with Crippen LogP contribution in [0.2, 0.25) is 0 Å². The van der Waals surface area contributed by atoms with Gasteiger partial charge in [0.1, 0.15) is 6.61 Å². The van der Waals surface area contributed by atoms with Gasteiger partial charge in [0, 0.05) is 17.5 Å². The molecule has 3 unspecified atom stereocenters. The van der Waals surface area contributed by atoms with E-state index in [4.69, 9.17) is 4.74 Å². The van der Waals surface area contributed by atoms with Crippen molar-refractivity contribution >= 4 is 5.69 Å². The minimum atomic E-state index is -0.297. The van der Waals surface area contributed by atoms with Gasteiger partial charge in [-0.3, -0.25) is 10.1 Å². The fourth-order valence-electron chi connectivity index (χ4n) is 5.94. The van der Waals surface area contributed by atoms with Gasteiger partial charge in [-0.05, 0) is 60.9 Å². The van der Waals surface area contributed by atoms with E-state index >= 15 is 0 Å². The Hall–Kier alpha value is -2.40. The van der Waals surface area contributed by atoms with E-state index < -0.39 is 0 Å². The van der Waals surface area contributed by atoms with Gasteiger partial charge in [0.25, 0.3) is 0 Å². The third-order valence-corrected chi connectivity index (χ3v) is 7.16. The number of nitrogens with zero attached hydrogens (tertiary/aromatic N) is 1. The van der Waals surface area contributed by atoms with Gasteiger partial charge in [-0.1, -0.05) is 43.2 Å². The van der Waals surface area contributed by atoms with Crippen molar-refractivity contribution < 1.29 is 9.66 Å². The van der Waals surface area contributed by atoms with Crippen molar-refractivity contribution in [1.29, 1.82) is 0 Å². The minimum absolute atomic E-state index is 0.0958. The van der Waals surface area contributed by atoms with E-state index in [1.54, 1.807) is 6.07 Å². The van der Waals surface area contributed by atoms with Crippen molar-refractivity contribution in [3.63, 3.8) is 0 Å². The fraction of sp³-hybridized carbons (Fsp3) is 0.478. The zero-order valence-corrected chi connectivity index (χ0v) is 16.0. The number of piperidine rings is 1. The number of hydrogen-bond acceptors (Lipinski definition) is 4. The Morgan fingerprint density at radius 3 is 2.86 bits per heavy atom. The SMILES string of the molecule is O=[N+]([O-])c1cc2c(cc1OCc1ccccc1)C13CCCCC1C(C2)NCC3. The monoisotopic (exact) mass is 378 g/mol. The van der Waals surface area contributed by atoms with Gasteiger partial charge in [0.15, 0.2) is 5.75 Å². The summed E-state index contributed by atoms with van der Waals surface area (Å²) in [4.78, 5) is 11.5. The van der Waals surface area contributed by atoms with Gasteiger partial charge >= 0.3 is 5.69 Å². The summed E-state index contributed by atoms with van der Waals surface area (Å²) in [5.74, 6) is 1.06. The third-order valence-electron chi connectivity index (χ3n) is 7.16. The molecule has 0 radical (unpaired) electrons. The molecule has 0 aromatic heterocycles. The molecule has 5 rings (SSSR count). The van der Waals surface area contributed by atoms with Crippen LogP contribution in [0.15, 0.2) is 42.5 Å². The van der Waals surface area contributed by atoms with Gasteiger partial charge in [0.05, 0.1) is 4.92 Å². The van der Waals surface area contributed by atoms with Crippen LogP contribution < -0.4 is 10.1 Å². The highest BCUT2D eigenvalue weighted by atomic mass is 16.6. The highest BCUT2D eigenvalue weighted by Gasteiger charge is 2.52. The number of nitrogens with one attached hydrogen (secondary N) is 1. The third kappa shape index (κ3) is 2.80. The molecule has 1 heterocycles. The Kier molecular flexibility index (Phi) is 4.35. The normalized spacial score (nSPS) is 28.1. The second-order valence-corrected chi connectivity index (χ2v) is 8.53. The number of fused-ring (bicyclic) bond motifs is 1. The molecule has 5 nitrogen and oxygen atoms in total. The molecule has 2 aromatic carbocycles. The molecule has 5 heteroatoms. The molecule has 2 fully saturated rings. The van der Waals surface area contributed by atoms with Crippen molar-refractivity contribution in [3.05, 3.63) is 69.3 Å². The Labute approximate surface area is 165 Å². The van der Waals surface area contributed by atoms with Crippen molar-refractivity contribution in [3.8, 4) is 5.75 Å². The van der Waals surface area contributed by atoms with Crippen LogP contribution in [-0.4, -0.2) is 17.5 Å². The van der Waals surface area contributed by atoms with Crippen LogP contribution in [0.3, 0.4) is 0 Å². The molecule has 0 amide bonds. The summed E-state index contributed by atoms with van der Waals surface area (Å²) in [7, 11) is 0. The molecule has 2 aromatic rings. The summed E-state index contributed by atoms with van der Waals surface area (Å²) in [5, 5.41) is 15.5. The molecule has 1 saturated carbocycles. The van der Waals surface area contributed by atoms with E-state index in [0.717, 1.165) is 30.5 Å². The molecule has 2 aliphatic carbocycles. The predicted molar refractivity (Wildman–Crippen MR) is 108 cm³/mol. The average molecular weight is 378 g/mol. The second-order valence-electron chi connectivity index (χ2n) is 8.53. The van der Waals surface area contributed by atoms with Gasteiger partial charge in [0.2, 0.25) is 0 Å². The first kappa shape index (κ1) is 17.7. The number of hydrogen-bond donors (Lipinski definition) is 1. The lowest BCUT2D eigenvalue weighted by Crippen LogP contribution is -2.59. The number of rotatable bonds is 4. The molecular weight excluding hydrogens is 352 g/mol. The predicted octanol–water partition coefficient (Wildman–Crippen LogP) is 4.52. The lowest BCUT2D eigenvalue weighted by atomic mass is 9.53. The quantitative estimate of drug-likeness (QED) is 0.628. The molecule has 28 heavy (non-hydrogen) atoms. The van der Waals surface area contributed by atoms with Gasteiger partial charge in [-0.15, -0.1) is 0 Å². The lowest BCUT2D eigenvalue weighted by Gasteiger charge is -2.55. The zero-order chi connectivity index (χ0) is 19.1. The van der Waals surface area contributed by atoms with Crippen LogP contribution >= 0.6 is 0 Å². The largest absolute Gasteiger partial charge is 0.482 e. The summed E-state index contributed by atoms with van der Waals surface area (Å²) in [6.07, 6.45) is 7.01. The maximum absolute atomic E-state index is 11.8. The Bertz CT molecular complexity index is 894. The Balaban J connectivity index is 1.56. The summed E-state index contributed by atoms with van der Waals surface area (Å²) < 4.78 is 6.01. The number of nitro groups is 1. The van der Waals surface area contributed by atoms with Crippen LogP contribution in [0.1, 0.15) is 48.8 Å². The van der Waals surface area contributed by atoms with Gasteiger partial charge in [-0.2, -0.15) is 0 Å². The average Bonchev–Trinajstić information content (AvgIpc) is 2.72. The molecule has 1 saturated heterocycles. The molecule has 2 bridgehead atoms. The van der Waals surface area contributed by atoms with Crippen molar-refractivity contribution in [2.75, 3.05) is 6.54 Å². The Morgan fingerprint density at radius 1 is 1.18 bits per heavy atom. The second kappa shape index (κ2) is 6.89. The maximum atomic E-state index is 11.8. The number of ether oxygens (including phenoxy) is 1. The minimum Gasteiger partial charge on any atom is -0.482 e. The number of nitro benzene ring substituents is 1. The van der Waals surface area contributed by atoms with Crippen LogP contribution in [0.5, 0.6) is 5.75 Å². The zero-order valence-electron chi connectivity index (χ0n) is 16.0. The van der Waals surface area contributed by atoms with E-state index in [-0.39, 0.29) is 16.0 Å². The van der Waals surface area contributed by atoms with Crippen LogP contribution in [-0.2, 0) is 18.4 Å². The summed E-state index contributed by atoms with van der Waals surface area (Å²) in [5.41, 5.74) is 3.75. The van der Waals surface area contributed by atoms with E-state index in [0.29, 0.717) is 24.3 Å². The topological polar surface area (TPSA) is 64.4 Å². The molecular formula is C23H26N2O3. The summed E-state index contributed by atoms with van der Waals surface area (Å²) in [6.45, 7) is 1.39. The molecule has 1 aliphatic heterocycles. The first-order valence-corrected chi connectivity index (χ1v) is 10.4. The van der Waals surface area contributed by atoms with Crippen molar-refractivity contribution in [2.24, 2.45) is 5.92 Å². The fourth-order valence-corrected chi connectivity index (χ4v) is 5.94. The van der Waals surface area contributed by atoms with E-state index in [9.17, 15) is 10.1 Å². The highest BCUT2D eigenvalue weighted by Crippen LogP contribution is 2.55. The maximum Gasteiger partial charge on any atom is 0.311 e. The molecule has 0 spiro atoms. The van der Waals surface area contributed by atoms with E-state index in [1.807, 2.05) is 36.4 Å². The molecule has 3 atom stereocenters. The smallest absolute Gasteiger partial charge is 0.311 e. The van der Waals surface area contributed by atoms with Crippen molar-refractivity contribution in [1.82, 2.24) is 5.32 Å². The van der Waals surface area contributed by atoms with Gasteiger partial charge in [-0.25, -0.2) is 0 Å². The first-order chi connectivity index (χ1) is 13.7.